The maximum Gasteiger partial charge on any atom is 0.328 e. The molecule has 1 unspecified atom stereocenters. The second-order valence-corrected chi connectivity index (χ2v) is 6.24. The fourth-order valence-corrected chi connectivity index (χ4v) is 1.97. The van der Waals surface area contributed by atoms with Gasteiger partial charge in [0.1, 0.15) is 9.84 Å². The highest BCUT2D eigenvalue weighted by Gasteiger charge is 2.32. The highest BCUT2D eigenvalue weighted by Crippen LogP contribution is 2.07. The minimum Gasteiger partial charge on any atom is -0.480 e. The largest absolute Gasteiger partial charge is 0.480 e. The number of sulfone groups is 1. The summed E-state index contributed by atoms with van der Waals surface area (Å²) in [6.45, 7) is 0.334. The highest BCUT2D eigenvalue weighted by atomic mass is 32.2. The SMILES string of the molecule is CS(=O)(=O)CCNC(=O)N1CCOCC1C(=O)O. The van der Waals surface area contributed by atoms with Crippen molar-refractivity contribution >= 4 is 21.8 Å². The third-order valence-corrected chi connectivity index (χ3v) is 3.37. The predicted molar refractivity (Wildman–Crippen MR) is 62.1 cm³/mol. The summed E-state index contributed by atoms with van der Waals surface area (Å²) in [5.74, 6) is -1.33. The third-order valence-electron chi connectivity index (χ3n) is 2.42. The Morgan fingerprint density at radius 3 is 2.72 bits per heavy atom. The smallest absolute Gasteiger partial charge is 0.328 e. The molecule has 18 heavy (non-hydrogen) atoms. The molecule has 2 amide bonds. The lowest BCUT2D eigenvalue weighted by atomic mass is 10.2. The number of carbonyl (C=O) groups excluding carboxylic acids is 1. The molecule has 0 saturated carbocycles. The molecule has 8 nitrogen and oxygen atoms in total. The van der Waals surface area contributed by atoms with Crippen LogP contribution in [0.2, 0.25) is 0 Å². The fraction of sp³-hybridized carbons (Fsp3) is 0.778. The van der Waals surface area contributed by atoms with Crippen LogP contribution in [0.1, 0.15) is 0 Å². The first-order valence-electron chi connectivity index (χ1n) is 5.34. The van der Waals surface area contributed by atoms with Gasteiger partial charge in [0.2, 0.25) is 0 Å². The summed E-state index contributed by atoms with van der Waals surface area (Å²) in [7, 11) is -3.15. The van der Waals surface area contributed by atoms with Crippen molar-refractivity contribution in [1.82, 2.24) is 10.2 Å². The van der Waals surface area contributed by atoms with E-state index in [0.29, 0.717) is 0 Å². The van der Waals surface area contributed by atoms with Crippen LogP contribution in [-0.4, -0.2) is 74.8 Å². The summed E-state index contributed by atoms with van der Waals surface area (Å²) < 4.78 is 26.7. The molecule has 0 spiro atoms. The summed E-state index contributed by atoms with van der Waals surface area (Å²) in [4.78, 5) is 23.7. The summed E-state index contributed by atoms with van der Waals surface area (Å²) in [5.41, 5.74) is 0. The van der Waals surface area contributed by atoms with E-state index in [-0.39, 0.29) is 32.1 Å². The van der Waals surface area contributed by atoms with Crippen molar-refractivity contribution in [1.29, 1.82) is 0 Å². The van der Waals surface area contributed by atoms with E-state index in [9.17, 15) is 18.0 Å². The molecule has 0 aromatic heterocycles. The number of nitrogens with one attached hydrogen (secondary N) is 1. The van der Waals surface area contributed by atoms with Crippen molar-refractivity contribution in [3.8, 4) is 0 Å². The third kappa shape index (κ3) is 4.49. The van der Waals surface area contributed by atoms with E-state index in [0.717, 1.165) is 11.2 Å². The first kappa shape index (κ1) is 14.7. The molecule has 104 valence electrons. The molecule has 1 atom stereocenters. The van der Waals surface area contributed by atoms with Crippen LogP contribution in [0.25, 0.3) is 0 Å². The Kier molecular flexibility index (Phi) is 4.91. The van der Waals surface area contributed by atoms with Crippen LogP contribution in [0.15, 0.2) is 0 Å². The Labute approximate surface area is 105 Å². The molecule has 2 N–H and O–H groups in total. The number of carboxylic acid groups (broad SMARTS) is 1. The Balaban J connectivity index is 2.51. The summed E-state index contributed by atoms with van der Waals surface area (Å²) in [6.07, 6.45) is 1.06. The number of ether oxygens (including phenoxy) is 1. The minimum absolute atomic E-state index is 0.0403. The van der Waals surface area contributed by atoms with Gasteiger partial charge in [0.25, 0.3) is 0 Å². The molecule has 1 rings (SSSR count). The molecule has 1 heterocycles. The zero-order valence-corrected chi connectivity index (χ0v) is 10.8. The molecule has 1 fully saturated rings. The lowest BCUT2D eigenvalue weighted by molar-refractivity contribution is -0.147. The van der Waals surface area contributed by atoms with E-state index in [1.54, 1.807) is 0 Å². The zero-order valence-electron chi connectivity index (χ0n) is 9.96. The number of hydrogen-bond donors (Lipinski definition) is 2. The van der Waals surface area contributed by atoms with E-state index >= 15 is 0 Å². The maximum absolute atomic E-state index is 11.7. The monoisotopic (exact) mass is 280 g/mol. The Bertz CT molecular complexity index is 421. The molecular weight excluding hydrogens is 264 g/mol. The average molecular weight is 280 g/mol. The van der Waals surface area contributed by atoms with Gasteiger partial charge in [-0.2, -0.15) is 0 Å². The van der Waals surface area contributed by atoms with Gasteiger partial charge >= 0.3 is 12.0 Å². The van der Waals surface area contributed by atoms with E-state index in [4.69, 9.17) is 9.84 Å². The van der Waals surface area contributed by atoms with Crippen LogP contribution in [0.3, 0.4) is 0 Å². The zero-order chi connectivity index (χ0) is 13.8. The van der Waals surface area contributed by atoms with Gasteiger partial charge < -0.3 is 20.1 Å². The van der Waals surface area contributed by atoms with Gasteiger partial charge in [0.05, 0.1) is 19.0 Å². The van der Waals surface area contributed by atoms with Crippen molar-refractivity contribution in [3.05, 3.63) is 0 Å². The van der Waals surface area contributed by atoms with Gasteiger partial charge in [0.15, 0.2) is 6.04 Å². The van der Waals surface area contributed by atoms with Gasteiger partial charge in [0, 0.05) is 19.3 Å². The van der Waals surface area contributed by atoms with Gasteiger partial charge in [-0.25, -0.2) is 18.0 Å². The van der Waals surface area contributed by atoms with E-state index in [1.165, 1.54) is 0 Å². The number of hydrogen-bond acceptors (Lipinski definition) is 5. The second-order valence-electron chi connectivity index (χ2n) is 3.98. The topological polar surface area (TPSA) is 113 Å². The normalized spacial score (nSPS) is 20.5. The standard InChI is InChI=1S/C9H16N2O6S/c1-18(15,16)5-2-10-9(14)11-3-4-17-6-7(11)8(12)13/h7H,2-6H2,1H3,(H,10,14)(H,12,13). The number of rotatable bonds is 4. The molecule has 1 saturated heterocycles. The molecular formula is C9H16N2O6S. The van der Waals surface area contributed by atoms with Gasteiger partial charge in [-0.05, 0) is 0 Å². The molecule has 0 aliphatic carbocycles. The van der Waals surface area contributed by atoms with Crippen LogP contribution < -0.4 is 5.32 Å². The number of morpholine rings is 1. The quantitative estimate of drug-likeness (QED) is 0.649. The van der Waals surface area contributed by atoms with Gasteiger partial charge in [-0.3, -0.25) is 0 Å². The summed E-state index contributed by atoms with van der Waals surface area (Å²) in [6, 6.07) is -1.62. The fourth-order valence-electron chi connectivity index (χ4n) is 1.50. The lowest BCUT2D eigenvalue weighted by Crippen LogP contribution is -2.56. The lowest BCUT2D eigenvalue weighted by Gasteiger charge is -2.32. The molecule has 1 aliphatic heterocycles. The van der Waals surface area contributed by atoms with Crippen LogP contribution >= 0.6 is 0 Å². The molecule has 0 bridgehead atoms. The van der Waals surface area contributed by atoms with Crippen LogP contribution in [0.4, 0.5) is 4.79 Å². The van der Waals surface area contributed by atoms with E-state index < -0.39 is 27.9 Å². The summed E-state index contributed by atoms with van der Waals surface area (Å²) >= 11 is 0. The Hall–Kier alpha value is -1.35. The first-order valence-corrected chi connectivity index (χ1v) is 7.40. The summed E-state index contributed by atoms with van der Waals surface area (Å²) in [5, 5.41) is 11.3. The van der Waals surface area contributed by atoms with Crippen LogP contribution in [-0.2, 0) is 19.4 Å². The molecule has 0 aromatic carbocycles. The first-order chi connectivity index (χ1) is 8.31. The Morgan fingerprint density at radius 2 is 2.17 bits per heavy atom. The second kappa shape index (κ2) is 6.01. The van der Waals surface area contributed by atoms with Crippen LogP contribution in [0.5, 0.6) is 0 Å². The van der Waals surface area contributed by atoms with Crippen molar-refractivity contribution < 1.29 is 27.9 Å². The molecule has 0 radical (unpaired) electrons. The number of amides is 2. The number of nitrogens with zero attached hydrogens (tertiary/aromatic N) is 1. The minimum atomic E-state index is -3.15. The predicted octanol–water partition coefficient (Wildman–Crippen LogP) is -1.47. The van der Waals surface area contributed by atoms with E-state index in [2.05, 4.69) is 5.32 Å². The average Bonchev–Trinajstić information content (AvgIpc) is 2.27. The number of carboxylic acids is 1. The molecule has 9 heteroatoms. The molecule has 0 aromatic rings. The van der Waals surface area contributed by atoms with Crippen molar-refractivity contribution in [2.24, 2.45) is 0 Å². The van der Waals surface area contributed by atoms with Crippen LogP contribution in [0, 0.1) is 0 Å². The maximum atomic E-state index is 11.7. The number of carbonyl (C=O) groups is 2. The number of urea groups is 1. The Morgan fingerprint density at radius 1 is 1.50 bits per heavy atom. The van der Waals surface area contributed by atoms with E-state index in [1.807, 2.05) is 0 Å². The van der Waals surface area contributed by atoms with Gasteiger partial charge in [-0.1, -0.05) is 0 Å². The van der Waals surface area contributed by atoms with Crippen molar-refractivity contribution in [2.75, 3.05) is 38.3 Å². The van der Waals surface area contributed by atoms with Crippen molar-refractivity contribution in [2.45, 2.75) is 6.04 Å². The van der Waals surface area contributed by atoms with Gasteiger partial charge in [-0.15, -0.1) is 0 Å². The number of aliphatic carboxylic acids is 1. The highest BCUT2D eigenvalue weighted by molar-refractivity contribution is 7.90. The van der Waals surface area contributed by atoms with Crippen molar-refractivity contribution in [3.63, 3.8) is 0 Å². The molecule has 1 aliphatic rings.